The molecule has 4 rings (SSSR count). The van der Waals surface area contributed by atoms with Crippen molar-refractivity contribution in [2.24, 2.45) is 5.92 Å². The summed E-state index contributed by atoms with van der Waals surface area (Å²) in [4.78, 5) is 26.0. The lowest BCUT2D eigenvalue weighted by Gasteiger charge is -2.42. The number of nitrogens with zero attached hydrogens (tertiary/aromatic N) is 2. The van der Waals surface area contributed by atoms with Gasteiger partial charge in [-0.2, -0.15) is 0 Å². The quantitative estimate of drug-likeness (QED) is 0.750. The monoisotopic (exact) mass is 369 g/mol. The first-order valence-electron chi connectivity index (χ1n) is 9.89. The molecule has 2 N–H and O–H groups in total. The van der Waals surface area contributed by atoms with Gasteiger partial charge in [0.25, 0.3) is 5.91 Å². The molecule has 144 valence electrons. The van der Waals surface area contributed by atoms with Gasteiger partial charge in [0.2, 0.25) is 0 Å². The van der Waals surface area contributed by atoms with Gasteiger partial charge in [0, 0.05) is 42.3 Å². The van der Waals surface area contributed by atoms with Crippen LogP contribution in [0.3, 0.4) is 0 Å². The number of carboxylic acids is 1. The topological polar surface area (TPSA) is 74.6 Å². The maximum Gasteiger partial charge on any atom is 0.317 e. The summed E-state index contributed by atoms with van der Waals surface area (Å²) < 4.78 is 2.10. The number of amides is 1. The molecule has 1 aromatic carbocycles. The predicted octanol–water partition coefficient (Wildman–Crippen LogP) is 2.72. The molecule has 0 bridgehead atoms. The summed E-state index contributed by atoms with van der Waals surface area (Å²) >= 11 is 0. The van der Waals surface area contributed by atoms with Gasteiger partial charge in [-0.3, -0.25) is 14.5 Å². The van der Waals surface area contributed by atoms with E-state index in [4.69, 9.17) is 5.11 Å². The molecular formula is C21H27N3O3. The number of aryl methyl sites for hydroxylation is 1. The molecule has 0 unspecified atom stereocenters. The van der Waals surface area contributed by atoms with Crippen molar-refractivity contribution in [1.82, 2.24) is 14.8 Å². The Bertz CT molecular complexity index is 849. The van der Waals surface area contributed by atoms with Crippen molar-refractivity contribution < 1.29 is 14.7 Å². The zero-order valence-corrected chi connectivity index (χ0v) is 15.7. The Morgan fingerprint density at radius 3 is 2.67 bits per heavy atom. The molecule has 6 nitrogen and oxygen atoms in total. The fourth-order valence-corrected chi connectivity index (χ4v) is 4.10. The summed E-state index contributed by atoms with van der Waals surface area (Å²) in [7, 11) is 0. The van der Waals surface area contributed by atoms with Crippen molar-refractivity contribution in [2.75, 3.05) is 13.1 Å². The van der Waals surface area contributed by atoms with Gasteiger partial charge in [0.1, 0.15) is 0 Å². The standard InChI is InChI=1S/C21H27N3O3/c1-2-23-12-18(17-5-3-4-6-19(17)23)21(27)22-15-9-16(10-15)24(13-20(25)26)11-14-7-8-14/h3-6,12,14-16H,2,7-11,13H2,1H3,(H,22,27)(H,25,26). The number of hydrogen-bond donors (Lipinski definition) is 2. The largest absolute Gasteiger partial charge is 0.480 e. The minimum Gasteiger partial charge on any atom is -0.480 e. The Hall–Kier alpha value is -2.34. The normalized spacial score (nSPS) is 22.0. The highest BCUT2D eigenvalue weighted by Gasteiger charge is 2.38. The Morgan fingerprint density at radius 2 is 2.00 bits per heavy atom. The van der Waals surface area contributed by atoms with Crippen LogP contribution in [0, 0.1) is 5.92 Å². The molecule has 27 heavy (non-hydrogen) atoms. The number of carbonyl (C=O) groups is 2. The first-order chi connectivity index (χ1) is 13.0. The summed E-state index contributed by atoms with van der Waals surface area (Å²) in [6.07, 6.45) is 6.02. The highest BCUT2D eigenvalue weighted by molar-refractivity contribution is 6.07. The van der Waals surface area contributed by atoms with E-state index in [2.05, 4.69) is 21.7 Å². The molecule has 0 aliphatic heterocycles. The SMILES string of the molecule is CCn1cc(C(=O)NC2CC(N(CC(=O)O)CC3CC3)C2)c2ccccc21. The molecule has 0 radical (unpaired) electrons. The number of hydrogen-bond acceptors (Lipinski definition) is 3. The maximum absolute atomic E-state index is 12.8. The number of aliphatic carboxylic acids is 1. The summed E-state index contributed by atoms with van der Waals surface area (Å²) in [5, 5.41) is 13.3. The Labute approximate surface area is 159 Å². The molecule has 2 aliphatic carbocycles. The van der Waals surface area contributed by atoms with Crippen molar-refractivity contribution in [2.45, 2.75) is 51.2 Å². The van der Waals surface area contributed by atoms with E-state index in [0.717, 1.165) is 42.4 Å². The minimum atomic E-state index is -0.768. The number of nitrogens with one attached hydrogen (secondary N) is 1. The molecular weight excluding hydrogens is 342 g/mol. The molecule has 2 saturated carbocycles. The smallest absolute Gasteiger partial charge is 0.317 e. The van der Waals surface area contributed by atoms with Crippen LogP contribution >= 0.6 is 0 Å². The summed E-state index contributed by atoms with van der Waals surface area (Å²) in [6, 6.07) is 8.37. The molecule has 0 atom stereocenters. The number of benzene rings is 1. The second-order valence-electron chi connectivity index (χ2n) is 7.91. The Kier molecular flexibility index (Phi) is 4.91. The molecule has 2 fully saturated rings. The predicted molar refractivity (Wildman–Crippen MR) is 104 cm³/mol. The Morgan fingerprint density at radius 1 is 1.26 bits per heavy atom. The molecule has 1 aromatic heterocycles. The van der Waals surface area contributed by atoms with Crippen molar-refractivity contribution in [1.29, 1.82) is 0 Å². The van der Waals surface area contributed by atoms with Crippen LogP contribution in [0.15, 0.2) is 30.5 Å². The van der Waals surface area contributed by atoms with Crippen LogP contribution in [0.25, 0.3) is 10.9 Å². The average Bonchev–Trinajstić information content (AvgIpc) is 3.34. The molecule has 1 amide bonds. The summed E-state index contributed by atoms with van der Waals surface area (Å²) in [6.45, 7) is 3.87. The zero-order valence-electron chi connectivity index (χ0n) is 15.7. The highest BCUT2D eigenvalue weighted by Crippen LogP contribution is 2.34. The third-order valence-electron chi connectivity index (χ3n) is 5.87. The highest BCUT2D eigenvalue weighted by atomic mass is 16.4. The molecule has 2 aromatic rings. The van der Waals surface area contributed by atoms with E-state index < -0.39 is 5.97 Å². The molecule has 0 saturated heterocycles. The second kappa shape index (κ2) is 7.35. The van der Waals surface area contributed by atoms with Gasteiger partial charge in [-0.05, 0) is 44.6 Å². The van der Waals surface area contributed by atoms with Crippen LogP contribution in [0.1, 0.15) is 43.0 Å². The first kappa shape index (κ1) is 18.0. The zero-order chi connectivity index (χ0) is 19.0. The number of fused-ring (bicyclic) bond motifs is 1. The van der Waals surface area contributed by atoms with Gasteiger partial charge >= 0.3 is 5.97 Å². The average molecular weight is 369 g/mol. The van der Waals surface area contributed by atoms with E-state index in [1.165, 1.54) is 12.8 Å². The van der Waals surface area contributed by atoms with Crippen LogP contribution in [-0.2, 0) is 11.3 Å². The molecule has 6 heteroatoms. The van der Waals surface area contributed by atoms with Gasteiger partial charge in [0.05, 0.1) is 12.1 Å². The first-order valence-corrected chi connectivity index (χ1v) is 9.89. The van der Waals surface area contributed by atoms with Gasteiger partial charge in [0.15, 0.2) is 0 Å². The summed E-state index contributed by atoms with van der Waals surface area (Å²) in [5.41, 5.74) is 1.80. The van der Waals surface area contributed by atoms with Gasteiger partial charge < -0.3 is 15.0 Å². The molecule has 0 spiro atoms. The van der Waals surface area contributed by atoms with Gasteiger partial charge in [-0.15, -0.1) is 0 Å². The van der Waals surface area contributed by atoms with Crippen molar-refractivity contribution >= 4 is 22.8 Å². The van der Waals surface area contributed by atoms with E-state index >= 15 is 0 Å². The van der Waals surface area contributed by atoms with Gasteiger partial charge in [-0.25, -0.2) is 0 Å². The molecule has 2 aliphatic rings. The third-order valence-corrected chi connectivity index (χ3v) is 5.87. The fraction of sp³-hybridized carbons (Fsp3) is 0.524. The van der Waals surface area contributed by atoms with E-state index in [1.807, 2.05) is 30.5 Å². The van der Waals surface area contributed by atoms with E-state index in [-0.39, 0.29) is 24.5 Å². The van der Waals surface area contributed by atoms with E-state index in [9.17, 15) is 9.59 Å². The second-order valence-corrected chi connectivity index (χ2v) is 7.91. The van der Waals surface area contributed by atoms with Crippen LogP contribution in [0.2, 0.25) is 0 Å². The van der Waals surface area contributed by atoms with Crippen molar-refractivity contribution in [3.63, 3.8) is 0 Å². The van der Waals surface area contributed by atoms with Crippen LogP contribution in [0.5, 0.6) is 0 Å². The third kappa shape index (κ3) is 3.86. The Balaban J connectivity index is 1.38. The lowest BCUT2D eigenvalue weighted by molar-refractivity contribution is -0.139. The number of carboxylic acid groups (broad SMARTS) is 1. The number of para-hydroxylation sites is 1. The lowest BCUT2D eigenvalue weighted by atomic mass is 9.85. The van der Waals surface area contributed by atoms with Crippen LogP contribution in [0.4, 0.5) is 0 Å². The summed E-state index contributed by atoms with van der Waals surface area (Å²) in [5.74, 6) is -0.137. The van der Waals surface area contributed by atoms with E-state index in [0.29, 0.717) is 5.92 Å². The van der Waals surface area contributed by atoms with Crippen molar-refractivity contribution in [3.8, 4) is 0 Å². The van der Waals surface area contributed by atoms with Crippen molar-refractivity contribution in [3.05, 3.63) is 36.0 Å². The lowest BCUT2D eigenvalue weighted by Crippen LogP contribution is -2.55. The number of carbonyl (C=O) groups excluding carboxylic acids is 1. The maximum atomic E-state index is 12.8. The fourth-order valence-electron chi connectivity index (χ4n) is 4.10. The van der Waals surface area contributed by atoms with Crippen LogP contribution < -0.4 is 5.32 Å². The van der Waals surface area contributed by atoms with E-state index in [1.54, 1.807) is 0 Å². The van der Waals surface area contributed by atoms with Gasteiger partial charge in [-0.1, -0.05) is 18.2 Å². The molecule has 1 heterocycles. The minimum absolute atomic E-state index is 0.0335. The number of aromatic nitrogens is 1. The number of rotatable bonds is 8. The van der Waals surface area contributed by atoms with Crippen LogP contribution in [-0.4, -0.2) is 51.6 Å².